The number of rotatable bonds is 9. The van der Waals surface area contributed by atoms with Crippen LogP contribution in [0.4, 0.5) is 0 Å². The first kappa shape index (κ1) is 22.1. The molecule has 0 aromatic heterocycles. The van der Waals surface area contributed by atoms with Crippen LogP contribution in [-0.4, -0.2) is 70.3 Å². The molecule has 2 aromatic rings. The van der Waals surface area contributed by atoms with Gasteiger partial charge in [-0.05, 0) is 31.2 Å². The number of nitrogens with zero attached hydrogens (tertiary/aromatic N) is 1. The monoisotopic (exact) mass is 413 g/mol. The van der Waals surface area contributed by atoms with Gasteiger partial charge in [0.05, 0.1) is 40.3 Å². The zero-order chi connectivity index (χ0) is 21.3. The Morgan fingerprint density at radius 2 is 1.70 bits per heavy atom. The summed E-state index contributed by atoms with van der Waals surface area (Å²) in [4.78, 5) is 17.7. The fourth-order valence-corrected chi connectivity index (χ4v) is 3.81. The van der Waals surface area contributed by atoms with Crippen LogP contribution in [0.2, 0.25) is 0 Å². The molecule has 162 valence electrons. The minimum absolute atomic E-state index is 0.0693. The van der Waals surface area contributed by atoms with Gasteiger partial charge in [0, 0.05) is 5.56 Å². The Bertz CT molecular complexity index is 774. The van der Waals surface area contributed by atoms with Crippen LogP contribution in [0.25, 0.3) is 0 Å². The topological polar surface area (TPSA) is 47.6 Å². The van der Waals surface area contributed by atoms with E-state index in [0.717, 1.165) is 50.8 Å². The zero-order valence-electron chi connectivity index (χ0n) is 18.4. The van der Waals surface area contributed by atoms with Crippen LogP contribution in [0.1, 0.15) is 12.5 Å². The molecule has 0 saturated carbocycles. The Kier molecular flexibility index (Phi) is 8.11. The molecular weight excluding hydrogens is 378 g/mol. The Balaban J connectivity index is 1.39. The maximum Gasteiger partial charge on any atom is 0.280 e. The summed E-state index contributed by atoms with van der Waals surface area (Å²) in [6.45, 7) is 8.09. The fourth-order valence-electron chi connectivity index (χ4n) is 3.81. The molecule has 0 aliphatic carbocycles. The number of likely N-dealkylation sites (N-methyl/N-ethyl adjacent to an activating group) is 1. The van der Waals surface area contributed by atoms with Crippen molar-refractivity contribution in [3.05, 3.63) is 60.2 Å². The lowest BCUT2D eigenvalue weighted by molar-refractivity contribution is -0.918. The first-order valence-electron chi connectivity index (χ1n) is 10.8. The van der Waals surface area contributed by atoms with Crippen molar-refractivity contribution < 1.29 is 24.1 Å². The number of benzene rings is 2. The quantitative estimate of drug-likeness (QED) is 0.604. The van der Waals surface area contributed by atoms with E-state index >= 15 is 0 Å². The highest BCUT2D eigenvalue weighted by Gasteiger charge is 2.30. The largest absolute Gasteiger partial charge is 0.497 e. The van der Waals surface area contributed by atoms with Crippen molar-refractivity contribution in [3.8, 4) is 11.5 Å². The van der Waals surface area contributed by atoms with Gasteiger partial charge in [0.1, 0.15) is 31.2 Å². The van der Waals surface area contributed by atoms with E-state index in [1.165, 1.54) is 10.5 Å². The Morgan fingerprint density at radius 3 is 2.33 bits per heavy atom. The summed E-state index contributed by atoms with van der Waals surface area (Å²) in [5, 5.41) is 0. The van der Waals surface area contributed by atoms with Crippen LogP contribution in [0.3, 0.4) is 0 Å². The second kappa shape index (κ2) is 11.0. The van der Waals surface area contributed by atoms with Gasteiger partial charge >= 0.3 is 0 Å². The van der Waals surface area contributed by atoms with Crippen LogP contribution in [0.5, 0.6) is 11.5 Å². The molecule has 6 heteroatoms. The van der Waals surface area contributed by atoms with E-state index in [1.54, 1.807) is 12.0 Å². The van der Waals surface area contributed by atoms with Gasteiger partial charge in [-0.15, -0.1) is 0 Å². The van der Waals surface area contributed by atoms with Crippen molar-refractivity contribution in [2.24, 2.45) is 0 Å². The van der Waals surface area contributed by atoms with Gasteiger partial charge in [-0.2, -0.15) is 0 Å². The standard InChI is InChI=1S/C24H33N3O3/c1-20(25(2)17-18-30-23-11-9-22(29-3)10-12-23)24(28)27-15-13-26(14-16-27)19-21-7-5-4-6-8-21/h4-12,20H,13-19H2,1-3H3/p+2/t20-/m1/s1. The molecule has 0 bridgehead atoms. The average Bonchev–Trinajstić information content (AvgIpc) is 2.79. The van der Waals surface area contributed by atoms with Gasteiger partial charge in [0.15, 0.2) is 6.04 Å². The first-order chi connectivity index (χ1) is 14.6. The molecule has 1 aliphatic rings. The number of methoxy groups -OCH3 is 1. The molecule has 1 amide bonds. The summed E-state index contributed by atoms with van der Waals surface area (Å²) in [6.07, 6.45) is 0. The summed E-state index contributed by atoms with van der Waals surface area (Å²) in [6, 6.07) is 18.1. The number of carbonyl (C=O) groups is 1. The zero-order valence-corrected chi connectivity index (χ0v) is 18.4. The molecule has 1 heterocycles. The van der Waals surface area contributed by atoms with Crippen LogP contribution in [-0.2, 0) is 11.3 Å². The van der Waals surface area contributed by atoms with Crippen molar-refractivity contribution in [3.63, 3.8) is 0 Å². The Labute approximate surface area is 180 Å². The van der Waals surface area contributed by atoms with Gasteiger partial charge in [-0.25, -0.2) is 0 Å². The number of amides is 1. The highest BCUT2D eigenvalue weighted by molar-refractivity contribution is 5.80. The van der Waals surface area contributed by atoms with Crippen LogP contribution >= 0.6 is 0 Å². The van der Waals surface area contributed by atoms with E-state index in [2.05, 4.69) is 37.4 Å². The highest BCUT2D eigenvalue weighted by Crippen LogP contribution is 2.16. The Morgan fingerprint density at radius 1 is 1.07 bits per heavy atom. The van der Waals surface area contributed by atoms with E-state index in [1.807, 2.05) is 36.1 Å². The van der Waals surface area contributed by atoms with Gasteiger partial charge in [-0.3, -0.25) is 4.79 Å². The minimum atomic E-state index is -0.0693. The lowest BCUT2D eigenvalue weighted by atomic mass is 10.2. The smallest absolute Gasteiger partial charge is 0.280 e. The minimum Gasteiger partial charge on any atom is -0.497 e. The number of piperazine rings is 1. The molecule has 30 heavy (non-hydrogen) atoms. The lowest BCUT2D eigenvalue weighted by Gasteiger charge is -2.34. The average molecular weight is 414 g/mol. The first-order valence-corrected chi connectivity index (χ1v) is 10.8. The summed E-state index contributed by atoms with van der Waals surface area (Å²) >= 11 is 0. The lowest BCUT2D eigenvalue weighted by Crippen LogP contribution is -3.15. The number of hydrogen-bond donors (Lipinski definition) is 2. The van der Waals surface area contributed by atoms with Crippen LogP contribution in [0.15, 0.2) is 54.6 Å². The SMILES string of the molecule is COc1ccc(OCC[NH+](C)[C@H](C)C(=O)N2CC[NH+](Cc3ccccc3)CC2)cc1. The number of quaternary nitrogens is 2. The number of ether oxygens (including phenoxy) is 2. The summed E-state index contributed by atoms with van der Waals surface area (Å²) in [5.41, 5.74) is 1.36. The van der Waals surface area contributed by atoms with E-state index in [-0.39, 0.29) is 11.9 Å². The van der Waals surface area contributed by atoms with Crippen molar-refractivity contribution in [2.75, 3.05) is 53.5 Å². The van der Waals surface area contributed by atoms with Crippen molar-refractivity contribution in [1.82, 2.24) is 4.90 Å². The molecule has 2 N–H and O–H groups in total. The molecule has 6 nitrogen and oxygen atoms in total. The third-order valence-corrected chi connectivity index (χ3v) is 6.01. The molecular formula is C24H35N3O3+2. The molecule has 2 aromatic carbocycles. The number of nitrogens with one attached hydrogen (secondary N) is 2. The highest BCUT2D eigenvalue weighted by atomic mass is 16.5. The normalized spacial score (nSPS) is 16.7. The third-order valence-electron chi connectivity index (χ3n) is 6.01. The maximum absolute atomic E-state index is 12.9. The predicted octanol–water partition coefficient (Wildman–Crippen LogP) is -0.0955. The molecule has 2 atom stereocenters. The van der Waals surface area contributed by atoms with E-state index in [0.29, 0.717) is 6.61 Å². The molecule has 1 unspecified atom stereocenters. The fraction of sp³-hybridized carbons (Fsp3) is 0.458. The summed E-state index contributed by atoms with van der Waals surface area (Å²) in [7, 11) is 3.72. The van der Waals surface area contributed by atoms with Gasteiger partial charge in [-0.1, -0.05) is 30.3 Å². The third kappa shape index (κ3) is 6.21. The molecule has 0 spiro atoms. The van der Waals surface area contributed by atoms with Gasteiger partial charge < -0.3 is 24.2 Å². The Hall–Kier alpha value is -2.57. The van der Waals surface area contributed by atoms with Gasteiger partial charge in [0.2, 0.25) is 0 Å². The maximum atomic E-state index is 12.9. The molecule has 3 rings (SSSR count). The van der Waals surface area contributed by atoms with Crippen LogP contribution in [0, 0.1) is 0 Å². The van der Waals surface area contributed by atoms with E-state index < -0.39 is 0 Å². The van der Waals surface area contributed by atoms with Crippen molar-refractivity contribution >= 4 is 5.91 Å². The van der Waals surface area contributed by atoms with E-state index in [4.69, 9.17) is 9.47 Å². The van der Waals surface area contributed by atoms with Crippen LogP contribution < -0.4 is 19.3 Å². The summed E-state index contributed by atoms with van der Waals surface area (Å²) in [5.74, 6) is 1.88. The number of hydrogen-bond acceptors (Lipinski definition) is 3. The van der Waals surface area contributed by atoms with Crippen molar-refractivity contribution in [2.45, 2.75) is 19.5 Å². The van der Waals surface area contributed by atoms with Gasteiger partial charge in [0.25, 0.3) is 5.91 Å². The number of carbonyl (C=O) groups excluding carboxylic acids is 1. The summed E-state index contributed by atoms with van der Waals surface area (Å²) < 4.78 is 11.0. The second-order valence-electron chi connectivity index (χ2n) is 8.08. The second-order valence-corrected chi connectivity index (χ2v) is 8.08. The molecule has 1 aliphatic heterocycles. The molecule has 1 fully saturated rings. The molecule has 1 saturated heterocycles. The van der Waals surface area contributed by atoms with E-state index in [9.17, 15) is 4.79 Å². The predicted molar refractivity (Wildman–Crippen MR) is 117 cm³/mol. The van der Waals surface area contributed by atoms with Crippen molar-refractivity contribution in [1.29, 1.82) is 0 Å². The molecule has 0 radical (unpaired) electrons.